The van der Waals surface area contributed by atoms with Crippen LogP contribution in [0.15, 0.2) is 0 Å². The zero-order valence-electron chi connectivity index (χ0n) is 25.4. The lowest BCUT2D eigenvalue weighted by Crippen LogP contribution is -2.42. The van der Waals surface area contributed by atoms with Gasteiger partial charge in [0.2, 0.25) is 23.6 Å². The van der Waals surface area contributed by atoms with Crippen molar-refractivity contribution in [3.63, 3.8) is 0 Å². The summed E-state index contributed by atoms with van der Waals surface area (Å²) < 4.78 is 0. The van der Waals surface area contributed by atoms with Crippen LogP contribution in [0.3, 0.4) is 0 Å². The first kappa shape index (κ1) is 36.7. The predicted octanol–water partition coefficient (Wildman–Crippen LogP) is -0.831. The van der Waals surface area contributed by atoms with Gasteiger partial charge in [0.1, 0.15) is 0 Å². The molecule has 4 amide bonds. The molecule has 0 fully saturated rings. The average Bonchev–Trinajstić information content (AvgIpc) is 2.87. The van der Waals surface area contributed by atoms with Crippen molar-refractivity contribution in [2.75, 3.05) is 107 Å². The zero-order valence-corrected chi connectivity index (χ0v) is 25.4. The summed E-state index contributed by atoms with van der Waals surface area (Å²) in [5.41, 5.74) is 0. The number of carbonyl (C=O) groups excluding carboxylic acids is 4. The fourth-order valence-electron chi connectivity index (χ4n) is 3.65. The summed E-state index contributed by atoms with van der Waals surface area (Å²) in [4.78, 5) is 57.2. The molecule has 0 aliphatic rings. The summed E-state index contributed by atoms with van der Waals surface area (Å²) in [6, 6.07) is 0. The van der Waals surface area contributed by atoms with Crippen molar-refractivity contribution in [2.45, 2.75) is 46.0 Å². The van der Waals surface area contributed by atoms with Gasteiger partial charge in [-0.3, -0.25) is 19.2 Å². The second-order valence-corrected chi connectivity index (χ2v) is 10.3. The maximum atomic E-state index is 12.4. The lowest BCUT2D eigenvalue weighted by molar-refractivity contribution is -0.123. The van der Waals surface area contributed by atoms with Gasteiger partial charge in [-0.25, -0.2) is 0 Å². The maximum absolute atomic E-state index is 12.4. The van der Waals surface area contributed by atoms with Crippen molar-refractivity contribution in [1.29, 1.82) is 0 Å². The minimum absolute atomic E-state index is 0.000211. The SMILES string of the molecule is CCCNC(=O)CCN(CCC(=O)NCCN(C)C)CCN(CCC(=O)NCC)CCC(=O)NCCN(C)C. The molecule has 228 valence electrons. The highest BCUT2D eigenvalue weighted by Gasteiger charge is 2.15. The van der Waals surface area contributed by atoms with Gasteiger partial charge >= 0.3 is 0 Å². The number of hydrogen-bond donors (Lipinski definition) is 4. The van der Waals surface area contributed by atoms with Gasteiger partial charge in [0.05, 0.1) is 0 Å². The van der Waals surface area contributed by atoms with Gasteiger partial charge in [0.25, 0.3) is 0 Å². The number of nitrogens with one attached hydrogen (secondary N) is 4. The second kappa shape index (κ2) is 23.6. The molecule has 0 unspecified atom stereocenters. The van der Waals surface area contributed by atoms with Gasteiger partial charge in [0, 0.05) is 104 Å². The monoisotopic (exact) mass is 556 g/mol. The second-order valence-electron chi connectivity index (χ2n) is 10.3. The Hall–Kier alpha value is -2.28. The molecule has 0 bridgehead atoms. The number of amides is 4. The fraction of sp³-hybridized carbons (Fsp3) is 0.852. The molecule has 0 spiro atoms. The van der Waals surface area contributed by atoms with Gasteiger partial charge in [-0.05, 0) is 41.5 Å². The van der Waals surface area contributed by atoms with Crippen molar-refractivity contribution >= 4 is 23.6 Å². The summed E-state index contributed by atoms with van der Waals surface area (Å²) in [5, 5.41) is 11.6. The Kier molecular flexibility index (Phi) is 22.2. The van der Waals surface area contributed by atoms with Crippen LogP contribution in [0.2, 0.25) is 0 Å². The van der Waals surface area contributed by atoms with Crippen molar-refractivity contribution in [3.05, 3.63) is 0 Å². The van der Waals surface area contributed by atoms with Crippen LogP contribution in [-0.2, 0) is 19.2 Å². The summed E-state index contributed by atoms with van der Waals surface area (Å²) in [5.74, 6) is -0.0463. The molecule has 0 aliphatic heterocycles. The van der Waals surface area contributed by atoms with Crippen molar-refractivity contribution < 1.29 is 19.2 Å². The van der Waals surface area contributed by atoms with Gasteiger partial charge in [-0.2, -0.15) is 0 Å². The van der Waals surface area contributed by atoms with E-state index < -0.39 is 0 Å². The number of likely N-dealkylation sites (N-methyl/N-ethyl adjacent to an activating group) is 2. The maximum Gasteiger partial charge on any atom is 0.221 e. The molecule has 0 saturated heterocycles. The highest BCUT2D eigenvalue weighted by molar-refractivity contribution is 5.77. The van der Waals surface area contributed by atoms with E-state index in [4.69, 9.17) is 0 Å². The number of hydrogen-bond acceptors (Lipinski definition) is 8. The van der Waals surface area contributed by atoms with Gasteiger partial charge in [0.15, 0.2) is 0 Å². The van der Waals surface area contributed by atoms with Crippen LogP contribution in [0, 0.1) is 0 Å². The van der Waals surface area contributed by atoms with Crippen LogP contribution in [0.1, 0.15) is 46.0 Å². The predicted molar refractivity (Wildman–Crippen MR) is 156 cm³/mol. The zero-order chi connectivity index (χ0) is 29.5. The normalized spacial score (nSPS) is 11.3. The Morgan fingerprint density at radius 3 is 1.10 bits per heavy atom. The first-order chi connectivity index (χ1) is 18.6. The van der Waals surface area contributed by atoms with Crippen molar-refractivity contribution in [3.8, 4) is 0 Å². The summed E-state index contributed by atoms with van der Waals surface area (Å²) in [6.07, 6.45) is 2.28. The highest BCUT2D eigenvalue weighted by atomic mass is 16.2. The van der Waals surface area contributed by atoms with Crippen molar-refractivity contribution in [1.82, 2.24) is 40.9 Å². The molecule has 0 aromatic heterocycles. The number of carbonyl (C=O) groups is 4. The Labute approximate surface area is 236 Å². The Bertz CT molecular complexity index is 691. The molecule has 0 radical (unpaired) electrons. The Morgan fingerprint density at radius 2 is 0.795 bits per heavy atom. The molecule has 4 N–H and O–H groups in total. The lowest BCUT2D eigenvalue weighted by Gasteiger charge is -2.27. The summed E-state index contributed by atoms with van der Waals surface area (Å²) in [7, 11) is 7.84. The third-order valence-electron chi connectivity index (χ3n) is 6.06. The first-order valence-corrected chi connectivity index (χ1v) is 14.4. The molecule has 0 rings (SSSR count). The topological polar surface area (TPSA) is 129 Å². The molecule has 39 heavy (non-hydrogen) atoms. The third-order valence-corrected chi connectivity index (χ3v) is 6.06. The number of rotatable bonds is 24. The van der Waals surface area contributed by atoms with Crippen molar-refractivity contribution in [2.24, 2.45) is 0 Å². The van der Waals surface area contributed by atoms with E-state index >= 15 is 0 Å². The average molecular weight is 557 g/mol. The van der Waals surface area contributed by atoms with Gasteiger partial charge in [-0.1, -0.05) is 6.92 Å². The van der Waals surface area contributed by atoms with E-state index in [1.807, 2.05) is 51.8 Å². The van der Waals surface area contributed by atoms with E-state index in [1.165, 1.54) is 0 Å². The van der Waals surface area contributed by atoms with E-state index in [2.05, 4.69) is 31.1 Å². The Balaban J connectivity index is 5.04. The summed E-state index contributed by atoms with van der Waals surface area (Å²) in [6.45, 7) is 11.3. The molecule has 0 aromatic rings. The fourth-order valence-corrected chi connectivity index (χ4v) is 3.65. The molecule has 0 aliphatic carbocycles. The van der Waals surface area contributed by atoms with E-state index in [1.54, 1.807) is 0 Å². The summed E-state index contributed by atoms with van der Waals surface area (Å²) >= 11 is 0. The van der Waals surface area contributed by atoms with Crippen LogP contribution in [0.25, 0.3) is 0 Å². The van der Waals surface area contributed by atoms with E-state index in [0.717, 1.165) is 19.5 Å². The molecule has 0 atom stereocenters. The number of nitrogens with zero attached hydrogens (tertiary/aromatic N) is 4. The Morgan fingerprint density at radius 1 is 0.462 bits per heavy atom. The molecular weight excluding hydrogens is 500 g/mol. The molecule has 12 nitrogen and oxygen atoms in total. The van der Waals surface area contributed by atoms with E-state index in [-0.39, 0.29) is 23.6 Å². The minimum Gasteiger partial charge on any atom is -0.356 e. The molecule has 0 saturated carbocycles. The van der Waals surface area contributed by atoms with Gasteiger partial charge in [-0.15, -0.1) is 0 Å². The third kappa shape index (κ3) is 23.3. The quantitative estimate of drug-likeness (QED) is 0.121. The molecular formula is C27H56N8O4. The van der Waals surface area contributed by atoms with E-state index in [0.29, 0.717) is 91.1 Å². The van der Waals surface area contributed by atoms with Crippen LogP contribution in [0.5, 0.6) is 0 Å². The standard InChI is InChI=1S/C27H56N8O4/c1-7-13-29-25(37)10-17-35(19-12-27(39)31-15-21-33(5)6)23-22-34(16-9-24(36)28-8-2)18-11-26(38)30-14-20-32(3)4/h7-23H2,1-6H3,(H,28,36)(H,29,37)(H,30,38)(H,31,39). The first-order valence-electron chi connectivity index (χ1n) is 14.4. The molecule has 0 heterocycles. The molecule has 0 aromatic carbocycles. The smallest absolute Gasteiger partial charge is 0.221 e. The largest absolute Gasteiger partial charge is 0.356 e. The highest BCUT2D eigenvalue weighted by Crippen LogP contribution is 2.01. The lowest BCUT2D eigenvalue weighted by atomic mass is 10.2. The molecule has 12 heteroatoms. The van der Waals surface area contributed by atoms with Crippen LogP contribution >= 0.6 is 0 Å². The van der Waals surface area contributed by atoms with Crippen LogP contribution in [0.4, 0.5) is 0 Å². The minimum atomic E-state index is -0.0169. The van der Waals surface area contributed by atoms with Crippen LogP contribution < -0.4 is 21.3 Å². The van der Waals surface area contributed by atoms with Crippen LogP contribution in [-0.4, -0.2) is 150 Å². The van der Waals surface area contributed by atoms with E-state index in [9.17, 15) is 19.2 Å². The van der Waals surface area contributed by atoms with Gasteiger partial charge < -0.3 is 40.9 Å².